The van der Waals surface area contributed by atoms with E-state index in [1.807, 2.05) is 17.9 Å². The van der Waals surface area contributed by atoms with Crippen molar-refractivity contribution in [3.8, 4) is 16.8 Å². The van der Waals surface area contributed by atoms with Crippen molar-refractivity contribution in [1.29, 1.82) is 0 Å². The average Bonchev–Trinajstić information content (AvgIpc) is 3.27. The van der Waals surface area contributed by atoms with Gasteiger partial charge in [0.25, 0.3) is 5.91 Å². The van der Waals surface area contributed by atoms with Gasteiger partial charge in [0.2, 0.25) is 0 Å². The summed E-state index contributed by atoms with van der Waals surface area (Å²) >= 11 is 6.35. The number of aromatic nitrogens is 4. The number of sulfone groups is 1. The number of nitrogens with one attached hydrogen (secondary N) is 1. The summed E-state index contributed by atoms with van der Waals surface area (Å²) in [5, 5.41) is 15.3. The van der Waals surface area contributed by atoms with Gasteiger partial charge in [0.15, 0.2) is 15.7 Å². The minimum Gasteiger partial charge on any atom is -0.348 e. The zero-order valence-electron chi connectivity index (χ0n) is 21.0. The Bertz CT molecular complexity index is 1380. The molecule has 3 aromatic rings. The maximum absolute atomic E-state index is 13.7. The molecule has 37 heavy (non-hydrogen) atoms. The number of carbonyl (C=O) groups excluding carboxylic acids is 1. The van der Waals surface area contributed by atoms with E-state index < -0.39 is 15.7 Å². The predicted molar refractivity (Wildman–Crippen MR) is 140 cm³/mol. The Hall–Kier alpha value is -2.89. The number of amides is 1. The highest BCUT2D eigenvalue weighted by Crippen LogP contribution is 2.31. The predicted octanol–water partition coefficient (Wildman–Crippen LogP) is 3.17. The average molecular weight is 549 g/mol. The first-order valence-corrected chi connectivity index (χ1v) is 14.3. The highest BCUT2D eigenvalue weighted by atomic mass is 35.5. The molecule has 0 radical (unpaired) electrons. The Morgan fingerprint density at radius 2 is 1.86 bits per heavy atom. The summed E-state index contributed by atoms with van der Waals surface area (Å²) < 4.78 is 38.7. The number of hydrogen-bond donors (Lipinski definition) is 1. The Morgan fingerprint density at radius 1 is 1.14 bits per heavy atom. The van der Waals surface area contributed by atoms with Gasteiger partial charge in [0, 0.05) is 43.2 Å². The fraction of sp³-hybridized carbons (Fsp3) is 0.440. The normalized spacial score (nSPS) is 16.6. The quantitative estimate of drug-likeness (QED) is 0.460. The first-order chi connectivity index (χ1) is 17.5. The third-order valence-corrected chi connectivity index (χ3v) is 8.06. The Labute approximate surface area is 220 Å². The highest BCUT2D eigenvalue weighted by molar-refractivity contribution is 7.91. The number of carbonyl (C=O) groups is 1. The molecule has 1 aliphatic rings. The number of benzene rings is 2. The second-order valence-electron chi connectivity index (χ2n) is 9.82. The van der Waals surface area contributed by atoms with E-state index in [4.69, 9.17) is 11.6 Å². The van der Waals surface area contributed by atoms with Crippen LogP contribution in [0.5, 0.6) is 0 Å². The maximum atomic E-state index is 13.7. The molecule has 1 aromatic heterocycles. The number of halogens is 2. The van der Waals surface area contributed by atoms with Crippen LogP contribution in [0.15, 0.2) is 36.4 Å². The van der Waals surface area contributed by atoms with Crippen LogP contribution in [0.3, 0.4) is 0 Å². The summed E-state index contributed by atoms with van der Waals surface area (Å²) in [6.45, 7) is 7.43. The van der Waals surface area contributed by atoms with Gasteiger partial charge in [-0.25, -0.2) is 12.8 Å². The molecule has 1 N–H and O–H groups in total. The van der Waals surface area contributed by atoms with E-state index in [1.165, 1.54) is 12.1 Å². The van der Waals surface area contributed by atoms with Gasteiger partial charge in [-0.05, 0) is 65.2 Å². The van der Waals surface area contributed by atoms with E-state index >= 15 is 0 Å². The fourth-order valence-electron chi connectivity index (χ4n) is 4.32. The highest BCUT2D eigenvalue weighted by Gasteiger charge is 2.24. The van der Waals surface area contributed by atoms with Crippen LogP contribution >= 0.6 is 11.6 Å². The molecule has 1 fully saturated rings. The van der Waals surface area contributed by atoms with Crippen molar-refractivity contribution in [2.75, 3.05) is 31.1 Å². The zero-order valence-corrected chi connectivity index (χ0v) is 22.6. The van der Waals surface area contributed by atoms with Crippen molar-refractivity contribution in [1.82, 2.24) is 30.4 Å². The number of hydrogen-bond acceptors (Lipinski definition) is 7. The summed E-state index contributed by atoms with van der Waals surface area (Å²) in [6, 6.07) is 9.11. The van der Waals surface area contributed by atoms with E-state index in [-0.39, 0.29) is 28.5 Å². The SMILES string of the molecule is CC(C)Cc1nnnn1-c1cc(C(=O)N[C@H](C)CN2CCS(=O)(=O)CC2)cc(-c2ccc(F)cc2Cl)c1. The van der Waals surface area contributed by atoms with E-state index in [9.17, 15) is 17.6 Å². The van der Waals surface area contributed by atoms with Gasteiger partial charge < -0.3 is 5.32 Å². The summed E-state index contributed by atoms with van der Waals surface area (Å²) in [5.41, 5.74) is 2.14. The third-order valence-electron chi connectivity index (χ3n) is 6.14. The summed E-state index contributed by atoms with van der Waals surface area (Å²) in [6.07, 6.45) is 0.638. The van der Waals surface area contributed by atoms with E-state index in [0.717, 1.165) is 0 Å². The lowest BCUT2D eigenvalue weighted by Crippen LogP contribution is -2.47. The lowest BCUT2D eigenvalue weighted by atomic mass is 10.0. The minimum absolute atomic E-state index is 0.127. The fourth-order valence-corrected chi connectivity index (χ4v) is 5.87. The van der Waals surface area contributed by atoms with Crippen LogP contribution in [0.4, 0.5) is 4.39 Å². The number of rotatable bonds is 8. The largest absolute Gasteiger partial charge is 0.348 e. The zero-order chi connectivity index (χ0) is 26.7. The summed E-state index contributed by atoms with van der Waals surface area (Å²) in [5.74, 6) is 0.452. The van der Waals surface area contributed by atoms with Crippen LogP contribution < -0.4 is 5.32 Å². The van der Waals surface area contributed by atoms with E-state index in [0.29, 0.717) is 60.2 Å². The molecule has 2 heterocycles. The molecule has 2 aromatic carbocycles. The van der Waals surface area contributed by atoms with Crippen molar-refractivity contribution in [2.24, 2.45) is 5.92 Å². The van der Waals surface area contributed by atoms with Crippen LogP contribution in [0, 0.1) is 11.7 Å². The Morgan fingerprint density at radius 3 is 2.54 bits per heavy atom. The van der Waals surface area contributed by atoms with Crippen LogP contribution in [-0.4, -0.2) is 76.6 Å². The van der Waals surface area contributed by atoms with Crippen molar-refractivity contribution in [3.05, 3.63) is 58.6 Å². The molecule has 0 aliphatic carbocycles. The smallest absolute Gasteiger partial charge is 0.251 e. The molecule has 0 bridgehead atoms. The number of nitrogens with zero attached hydrogens (tertiary/aromatic N) is 5. The Balaban J connectivity index is 1.63. The van der Waals surface area contributed by atoms with Crippen molar-refractivity contribution >= 4 is 27.3 Å². The van der Waals surface area contributed by atoms with Crippen LogP contribution in [0.25, 0.3) is 16.8 Å². The van der Waals surface area contributed by atoms with E-state index in [1.54, 1.807) is 22.9 Å². The first kappa shape index (κ1) is 27.2. The number of tetrazole rings is 1. The van der Waals surface area contributed by atoms with Crippen LogP contribution in [0.1, 0.15) is 37.0 Å². The lowest BCUT2D eigenvalue weighted by Gasteiger charge is -2.29. The van der Waals surface area contributed by atoms with Crippen molar-refractivity contribution in [3.63, 3.8) is 0 Å². The lowest BCUT2D eigenvalue weighted by molar-refractivity contribution is 0.0930. The summed E-state index contributed by atoms with van der Waals surface area (Å²) in [7, 11) is -2.97. The van der Waals surface area contributed by atoms with E-state index in [2.05, 4.69) is 34.7 Å². The van der Waals surface area contributed by atoms with Crippen LogP contribution in [-0.2, 0) is 16.3 Å². The molecule has 1 saturated heterocycles. The third kappa shape index (κ3) is 6.91. The summed E-state index contributed by atoms with van der Waals surface area (Å²) in [4.78, 5) is 15.4. The molecule has 0 spiro atoms. The monoisotopic (exact) mass is 548 g/mol. The second-order valence-corrected chi connectivity index (χ2v) is 12.5. The molecule has 0 saturated carbocycles. The van der Waals surface area contributed by atoms with Gasteiger partial charge in [-0.15, -0.1) is 5.10 Å². The molecule has 9 nitrogen and oxygen atoms in total. The van der Waals surface area contributed by atoms with Gasteiger partial charge >= 0.3 is 0 Å². The minimum atomic E-state index is -2.97. The van der Waals surface area contributed by atoms with Gasteiger partial charge in [-0.1, -0.05) is 25.4 Å². The second kappa shape index (κ2) is 11.2. The van der Waals surface area contributed by atoms with Crippen LogP contribution in [0.2, 0.25) is 5.02 Å². The molecule has 1 aliphatic heterocycles. The van der Waals surface area contributed by atoms with Gasteiger partial charge in [0.05, 0.1) is 22.2 Å². The topological polar surface area (TPSA) is 110 Å². The first-order valence-electron chi connectivity index (χ1n) is 12.1. The molecule has 1 amide bonds. The molecule has 1 atom stereocenters. The molecule has 0 unspecified atom stereocenters. The Kier molecular flexibility index (Phi) is 8.25. The van der Waals surface area contributed by atoms with Crippen molar-refractivity contribution in [2.45, 2.75) is 33.2 Å². The molecular formula is C25H30ClFN6O3S. The van der Waals surface area contributed by atoms with Gasteiger partial charge in [-0.3, -0.25) is 9.69 Å². The molecule has 4 rings (SSSR count). The van der Waals surface area contributed by atoms with Gasteiger partial charge in [0.1, 0.15) is 5.82 Å². The molecular weight excluding hydrogens is 519 g/mol. The molecule has 198 valence electrons. The standard InChI is InChI=1S/C25H30ClFN6O3S/c1-16(2)10-24-29-30-31-33(24)21-12-18(22-5-4-20(27)14-23(22)26)11-19(13-21)25(34)28-17(3)15-32-6-8-37(35,36)9-7-32/h4-5,11-14,16-17H,6-10,15H2,1-3H3,(H,28,34)/t17-/m1/s1. The van der Waals surface area contributed by atoms with Gasteiger partial charge in [-0.2, -0.15) is 4.68 Å². The van der Waals surface area contributed by atoms with Crippen molar-refractivity contribution < 1.29 is 17.6 Å². The maximum Gasteiger partial charge on any atom is 0.251 e. The molecule has 12 heteroatoms.